The lowest BCUT2D eigenvalue weighted by Gasteiger charge is -2.10. The number of aromatic nitrogens is 1. The molecule has 1 amide bonds. The van der Waals surface area contributed by atoms with Crippen LogP contribution >= 0.6 is 0 Å². The molecule has 0 aliphatic heterocycles. The summed E-state index contributed by atoms with van der Waals surface area (Å²) >= 11 is 0. The fourth-order valence-corrected chi connectivity index (χ4v) is 3.59. The van der Waals surface area contributed by atoms with Crippen molar-refractivity contribution in [2.75, 3.05) is 5.32 Å². The van der Waals surface area contributed by atoms with Crippen molar-refractivity contribution >= 4 is 23.7 Å². The number of alkyl halides is 3. The van der Waals surface area contributed by atoms with Gasteiger partial charge >= 0.3 is 6.18 Å². The number of fused-ring (bicyclic) bond motifs is 1. The number of rotatable bonds is 3. The molecular formula is C22H19F3N2O. The van der Waals surface area contributed by atoms with Gasteiger partial charge in [-0.25, -0.2) is 0 Å². The lowest BCUT2D eigenvalue weighted by atomic mass is 10.0. The maximum absolute atomic E-state index is 12.8. The number of allylic oxidation sites excluding steroid dienone is 2. The molecule has 2 unspecified atom stereocenters. The van der Waals surface area contributed by atoms with E-state index in [9.17, 15) is 18.0 Å². The van der Waals surface area contributed by atoms with Crippen LogP contribution in [0.3, 0.4) is 0 Å². The van der Waals surface area contributed by atoms with Gasteiger partial charge in [-0.1, -0.05) is 30.4 Å². The highest BCUT2D eigenvalue weighted by molar-refractivity contribution is 6.05. The normalized spacial score (nSPS) is 20.4. The summed E-state index contributed by atoms with van der Waals surface area (Å²) in [5.41, 5.74) is 2.33. The molecule has 1 fully saturated rings. The minimum absolute atomic E-state index is 0.123. The van der Waals surface area contributed by atoms with E-state index in [4.69, 9.17) is 0 Å². The molecule has 144 valence electrons. The van der Waals surface area contributed by atoms with Crippen molar-refractivity contribution in [1.82, 2.24) is 4.98 Å². The zero-order valence-corrected chi connectivity index (χ0v) is 15.3. The Morgan fingerprint density at radius 2 is 2.07 bits per heavy atom. The molecule has 0 bridgehead atoms. The van der Waals surface area contributed by atoms with Crippen molar-refractivity contribution in [3.8, 4) is 0 Å². The van der Waals surface area contributed by atoms with Crippen LogP contribution in [0, 0.1) is 12.8 Å². The van der Waals surface area contributed by atoms with Crippen molar-refractivity contribution in [3.63, 3.8) is 0 Å². The monoisotopic (exact) mass is 384 g/mol. The van der Waals surface area contributed by atoms with Gasteiger partial charge in [-0.15, -0.1) is 0 Å². The van der Waals surface area contributed by atoms with E-state index in [0.29, 0.717) is 22.4 Å². The molecule has 6 heteroatoms. The first-order valence-electron chi connectivity index (χ1n) is 9.14. The lowest BCUT2D eigenvalue weighted by Crippen LogP contribution is -2.28. The molecule has 2 atom stereocenters. The van der Waals surface area contributed by atoms with E-state index in [2.05, 4.69) is 10.3 Å². The molecule has 1 aromatic carbocycles. The van der Waals surface area contributed by atoms with E-state index in [1.165, 1.54) is 0 Å². The molecule has 2 aromatic rings. The standard InChI is InChI=1S/C22H19F3N2O/c1-13-9-14(18-11-19(18)22(23,24)25)7-8-17(13)21(28)27-16-10-15-5-3-2-4-6-20(15)26-12-16/h2,4-10,12,18-19H,3,11H2,1H3,(H,27,28). The van der Waals surface area contributed by atoms with Crippen LogP contribution in [-0.2, 0) is 0 Å². The van der Waals surface area contributed by atoms with Crippen LogP contribution in [0.25, 0.3) is 12.2 Å². The second kappa shape index (κ2) is 6.93. The molecule has 28 heavy (non-hydrogen) atoms. The summed E-state index contributed by atoms with van der Waals surface area (Å²) in [4.78, 5) is 17.0. The second-order valence-corrected chi connectivity index (χ2v) is 7.25. The molecule has 4 rings (SSSR count). The Kier molecular flexibility index (Phi) is 4.57. The number of carbonyl (C=O) groups is 1. The maximum Gasteiger partial charge on any atom is 0.392 e. The van der Waals surface area contributed by atoms with Crippen molar-refractivity contribution in [3.05, 3.63) is 69.9 Å². The van der Waals surface area contributed by atoms with Gasteiger partial charge < -0.3 is 5.32 Å². The van der Waals surface area contributed by atoms with Crippen molar-refractivity contribution in [1.29, 1.82) is 0 Å². The van der Waals surface area contributed by atoms with E-state index in [1.807, 2.05) is 30.4 Å². The van der Waals surface area contributed by atoms with Gasteiger partial charge in [0.2, 0.25) is 0 Å². The van der Waals surface area contributed by atoms with Gasteiger partial charge in [0.15, 0.2) is 0 Å². The number of aryl methyl sites for hydroxylation is 1. The summed E-state index contributed by atoms with van der Waals surface area (Å²) in [6.07, 6.45) is 6.28. The zero-order chi connectivity index (χ0) is 19.9. The van der Waals surface area contributed by atoms with Crippen LogP contribution in [0.4, 0.5) is 18.9 Å². The van der Waals surface area contributed by atoms with Gasteiger partial charge in [0.05, 0.1) is 23.2 Å². The second-order valence-electron chi connectivity index (χ2n) is 7.25. The molecule has 1 saturated carbocycles. The largest absolute Gasteiger partial charge is 0.392 e. The smallest absolute Gasteiger partial charge is 0.321 e. The van der Waals surface area contributed by atoms with Gasteiger partial charge in [0, 0.05) is 5.56 Å². The predicted molar refractivity (Wildman–Crippen MR) is 102 cm³/mol. The Balaban J connectivity index is 1.52. The lowest BCUT2D eigenvalue weighted by molar-refractivity contribution is -0.148. The summed E-state index contributed by atoms with van der Waals surface area (Å²) in [7, 11) is 0. The third-order valence-electron chi connectivity index (χ3n) is 5.21. The Morgan fingerprint density at radius 1 is 1.25 bits per heavy atom. The van der Waals surface area contributed by atoms with E-state index < -0.39 is 18.0 Å². The summed E-state index contributed by atoms with van der Waals surface area (Å²) in [6, 6.07) is 6.79. The first-order chi connectivity index (χ1) is 13.3. The fraction of sp³-hybridized carbons (Fsp3) is 0.273. The summed E-state index contributed by atoms with van der Waals surface area (Å²) in [5.74, 6) is -2.06. The van der Waals surface area contributed by atoms with E-state index in [1.54, 1.807) is 31.3 Å². The average molecular weight is 384 g/mol. The zero-order valence-electron chi connectivity index (χ0n) is 15.3. The molecule has 3 nitrogen and oxygen atoms in total. The first-order valence-corrected chi connectivity index (χ1v) is 9.14. The average Bonchev–Trinajstić information content (AvgIpc) is 3.45. The van der Waals surface area contributed by atoms with Crippen LogP contribution in [0.1, 0.15) is 40.2 Å². The fourth-order valence-electron chi connectivity index (χ4n) is 3.59. The van der Waals surface area contributed by atoms with Crippen LogP contribution in [0.2, 0.25) is 0 Å². The Labute approximate surface area is 160 Å². The molecule has 2 aliphatic rings. The highest BCUT2D eigenvalue weighted by Crippen LogP contribution is 2.56. The van der Waals surface area contributed by atoms with Gasteiger partial charge in [-0.3, -0.25) is 9.78 Å². The number of hydrogen-bond donors (Lipinski definition) is 1. The summed E-state index contributed by atoms with van der Waals surface area (Å²) < 4.78 is 38.4. The van der Waals surface area contributed by atoms with Gasteiger partial charge in [0.1, 0.15) is 0 Å². The number of amides is 1. The number of nitrogens with zero attached hydrogens (tertiary/aromatic N) is 1. The molecule has 2 aliphatic carbocycles. The maximum atomic E-state index is 12.8. The van der Waals surface area contributed by atoms with Crippen LogP contribution in [0.5, 0.6) is 0 Å². The minimum Gasteiger partial charge on any atom is -0.321 e. The molecule has 0 spiro atoms. The highest BCUT2D eigenvalue weighted by atomic mass is 19.4. The van der Waals surface area contributed by atoms with E-state index in [0.717, 1.165) is 17.0 Å². The summed E-state index contributed by atoms with van der Waals surface area (Å²) in [6.45, 7) is 1.74. The SMILES string of the molecule is Cc1cc(C2CC2C(F)(F)F)ccc1C(=O)Nc1cnc2c(c1)=CCC=CC=2. The van der Waals surface area contributed by atoms with E-state index >= 15 is 0 Å². The van der Waals surface area contributed by atoms with Crippen LogP contribution < -0.4 is 15.9 Å². The van der Waals surface area contributed by atoms with Gasteiger partial charge in [0.25, 0.3) is 5.91 Å². The highest BCUT2D eigenvalue weighted by Gasteiger charge is 2.56. The third kappa shape index (κ3) is 3.72. The number of halogens is 3. The number of pyridine rings is 1. The number of hydrogen-bond acceptors (Lipinski definition) is 2. The number of nitrogens with one attached hydrogen (secondary N) is 1. The van der Waals surface area contributed by atoms with E-state index in [-0.39, 0.29) is 12.3 Å². The molecule has 1 heterocycles. The molecule has 0 saturated heterocycles. The molecule has 0 radical (unpaired) electrons. The number of benzene rings is 1. The van der Waals surface area contributed by atoms with Gasteiger partial charge in [-0.05, 0) is 60.2 Å². The van der Waals surface area contributed by atoms with Crippen LogP contribution in [0.15, 0.2) is 42.6 Å². The third-order valence-corrected chi connectivity index (χ3v) is 5.21. The molecule has 1 N–H and O–H groups in total. The van der Waals surface area contributed by atoms with Gasteiger partial charge in [-0.2, -0.15) is 13.2 Å². The van der Waals surface area contributed by atoms with Crippen molar-refractivity contribution in [2.24, 2.45) is 5.92 Å². The quantitative estimate of drug-likeness (QED) is 0.874. The Hall–Kier alpha value is -2.89. The first kappa shape index (κ1) is 18.5. The van der Waals surface area contributed by atoms with Crippen molar-refractivity contribution < 1.29 is 18.0 Å². The minimum atomic E-state index is -4.16. The molecular weight excluding hydrogens is 365 g/mol. The molecule has 1 aromatic heterocycles. The Morgan fingerprint density at radius 3 is 2.79 bits per heavy atom. The summed E-state index contributed by atoms with van der Waals surface area (Å²) in [5, 5.41) is 4.62. The number of anilines is 1. The van der Waals surface area contributed by atoms with Crippen LogP contribution in [-0.4, -0.2) is 17.1 Å². The topological polar surface area (TPSA) is 42.0 Å². The predicted octanol–water partition coefficient (Wildman–Crippen LogP) is 3.83. The number of carbonyl (C=O) groups excluding carboxylic acids is 1. The van der Waals surface area contributed by atoms with Crippen molar-refractivity contribution in [2.45, 2.75) is 31.9 Å². The Bertz CT molecular complexity index is 1090.